The molecule has 3 aromatic rings. The van der Waals surface area contributed by atoms with Gasteiger partial charge in [0.05, 0.1) is 21.1 Å². The number of thiophene rings is 2. The van der Waals surface area contributed by atoms with Gasteiger partial charge in [0.2, 0.25) is 11.7 Å². The molecule has 0 aliphatic carbocycles. The van der Waals surface area contributed by atoms with E-state index in [1.165, 1.54) is 29.6 Å². The highest BCUT2D eigenvalue weighted by Crippen LogP contribution is 2.26. The van der Waals surface area contributed by atoms with Crippen LogP contribution in [0, 0.1) is 0 Å². The Morgan fingerprint density at radius 1 is 1.26 bits per heavy atom. The zero-order chi connectivity index (χ0) is 16.4. The number of hydrogen-bond acceptors (Lipinski definition) is 7. The number of carbonyl (C=O) groups excluding carboxylic acids is 2. The summed E-state index contributed by atoms with van der Waals surface area (Å²) in [7, 11) is 0. The van der Waals surface area contributed by atoms with Crippen LogP contribution in [0.4, 0.5) is 0 Å². The summed E-state index contributed by atoms with van der Waals surface area (Å²) < 4.78 is 0.749. The first-order valence-corrected chi connectivity index (χ1v) is 8.65. The number of fused-ring (bicyclic) bond motifs is 1. The van der Waals surface area contributed by atoms with Crippen molar-refractivity contribution in [1.29, 1.82) is 0 Å². The molecule has 6 nitrogen and oxygen atoms in total. The molecule has 1 amide bonds. The SMILES string of the molecule is CC(=O)NCC(N)c1nc(C(=O)c2cccs2)c2sccc2n1. The lowest BCUT2D eigenvalue weighted by Gasteiger charge is -2.12. The molecular weight excluding hydrogens is 332 g/mol. The molecule has 0 fully saturated rings. The van der Waals surface area contributed by atoms with E-state index in [4.69, 9.17) is 5.73 Å². The van der Waals surface area contributed by atoms with Gasteiger partial charge in [0.1, 0.15) is 11.5 Å². The molecule has 3 rings (SSSR count). The molecule has 3 aromatic heterocycles. The third kappa shape index (κ3) is 3.29. The topological polar surface area (TPSA) is 98.0 Å². The van der Waals surface area contributed by atoms with Crippen LogP contribution in [-0.4, -0.2) is 28.2 Å². The highest BCUT2D eigenvalue weighted by Gasteiger charge is 2.21. The van der Waals surface area contributed by atoms with Gasteiger partial charge >= 0.3 is 0 Å². The summed E-state index contributed by atoms with van der Waals surface area (Å²) in [6, 6.07) is 4.86. The van der Waals surface area contributed by atoms with E-state index in [1.807, 2.05) is 22.9 Å². The Morgan fingerprint density at radius 3 is 2.78 bits per heavy atom. The van der Waals surface area contributed by atoms with E-state index in [9.17, 15) is 9.59 Å². The van der Waals surface area contributed by atoms with E-state index in [0.29, 0.717) is 21.9 Å². The number of nitrogens with zero attached hydrogens (tertiary/aromatic N) is 2. The Kier molecular flexibility index (Phi) is 4.46. The summed E-state index contributed by atoms with van der Waals surface area (Å²) in [5, 5.41) is 6.36. The second-order valence-corrected chi connectivity index (χ2v) is 6.78. The zero-order valence-corrected chi connectivity index (χ0v) is 13.9. The molecule has 0 aliphatic heterocycles. The van der Waals surface area contributed by atoms with Gasteiger partial charge in [-0.25, -0.2) is 9.97 Å². The molecule has 1 atom stereocenters. The maximum atomic E-state index is 12.7. The Labute approximate surface area is 140 Å². The summed E-state index contributed by atoms with van der Waals surface area (Å²) in [5.41, 5.74) is 7.10. The third-order valence-electron chi connectivity index (χ3n) is 3.18. The number of amides is 1. The van der Waals surface area contributed by atoms with Crippen LogP contribution in [0.3, 0.4) is 0 Å². The number of rotatable bonds is 5. The first-order chi connectivity index (χ1) is 11.1. The molecule has 0 aliphatic rings. The highest BCUT2D eigenvalue weighted by atomic mass is 32.1. The average Bonchev–Trinajstić information content (AvgIpc) is 3.21. The van der Waals surface area contributed by atoms with Crippen molar-refractivity contribution < 1.29 is 9.59 Å². The quantitative estimate of drug-likeness (QED) is 0.690. The van der Waals surface area contributed by atoms with E-state index < -0.39 is 6.04 Å². The molecule has 0 radical (unpaired) electrons. The van der Waals surface area contributed by atoms with Crippen molar-refractivity contribution in [2.75, 3.05) is 6.54 Å². The van der Waals surface area contributed by atoms with Crippen LogP contribution in [0.5, 0.6) is 0 Å². The molecule has 0 bridgehead atoms. The van der Waals surface area contributed by atoms with E-state index >= 15 is 0 Å². The Balaban J connectivity index is 2.01. The predicted octanol–water partition coefficient (Wildman–Crippen LogP) is 2.12. The Morgan fingerprint density at radius 2 is 2.09 bits per heavy atom. The fraction of sp³-hybridized carbons (Fsp3) is 0.200. The molecule has 1 unspecified atom stereocenters. The second-order valence-electron chi connectivity index (χ2n) is 4.92. The number of hydrogen-bond donors (Lipinski definition) is 2. The van der Waals surface area contributed by atoms with Crippen molar-refractivity contribution in [3.05, 3.63) is 45.4 Å². The Bertz CT molecular complexity index is 858. The zero-order valence-electron chi connectivity index (χ0n) is 12.3. The van der Waals surface area contributed by atoms with Crippen LogP contribution in [0.1, 0.15) is 34.2 Å². The highest BCUT2D eigenvalue weighted by molar-refractivity contribution is 7.17. The van der Waals surface area contributed by atoms with Gasteiger partial charge in [-0.1, -0.05) is 6.07 Å². The van der Waals surface area contributed by atoms with Gasteiger partial charge in [-0.2, -0.15) is 0 Å². The van der Waals surface area contributed by atoms with Crippen LogP contribution in [0.2, 0.25) is 0 Å². The summed E-state index contributed by atoms with van der Waals surface area (Å²) >= 11 is 2.80. The summed E-state index contributed by atoms with van der Waals surface area (Å²) in [6.45, 7) is 1.64. The first-order valence-electron chi connectivity index (χ1n) is 6.89. The molecular formula is C15H14N4O2S2. The predicted molar refractivity (Wildman–Crippen MR) is 90.8 cm³/mol. The Hall–Kier alpha value is -2.16. The lowest BCUT2D eigenvalue weighted by atomic mass is 10.2. The molecule has 0 aromatic carbocycles. The molecule has 8 heteroatoms. The molecule has 0 saturated carbocycles. The largest absolute Gasteiger partial charge is 0.354 e. The molecule has 0 spiro atoms. The normalized spacial score (nSPS) is 12.3. The van der Waals surface area contributed by atoms with Crippen molar-refractivity contribution >= 4 is 44.6 Å². The minimum absolute atomic E-state index is 0.136. The molecule has 3 N–H and O–H groups in total. The fourth-order valence-corrected chi connectivity index (χ4v) is 3.55. The van der Waals surface area contributed by atoms with Gasteiger partial charge in [0, 0.05) is 13.5 Å². The molecule has 3 heterocycles. The first kappa shape index (κ1) is 15.7. The number of nitrogens with two attached hydrogens (primary N) is 1. The monoisotopic (exact) mass is 346 g/mol. The van der Waals surface area contributed by atoms with E-state index in [1.54, 1.807) is 6.07 Å². The number of ketones is 1. The van der Waals surface area contributed by atoms with Gasteiger partial charge in [0.25, 0.3) is 0 Å². The fourth-order valence-electron chi connectivity index (χ4n) is 2.07. The van der Waals surface area contributed by atoms with E-state index in [2.05, 4.69) is 15.3 Å². The van der Waals surface area contributed by atoms with Crippen LogP contribution >= 0.6 is 22.7 Å². The minimum atomic E-state index is -0.571. The van der Waals surface area contributed by atoms with Gasteiger partial charge in [-0.3, -0.25) is 9.59 Å². The summed E-state index contributed by atoms with van der Waals surface area (Å²) in [4.78, 5) is 33.1. The van der Waals surface area contributed by atoms with Gasteiger partial charge < -0.3 is 11.1 Å². The smallest absolute Gasteiger partial charge is 0.222 e. The molecule has 118 valence electrons. The number of aromatic nitrogens is 2. The van der Waals surface area contributed by atoms with Crippen molar-refractivity contribution in [3.8, 4) is 0 Å². The van der Waals surface area contributed by atoms with Crippen molar-refractivity contribution in [2.24, 2.45) is 5.73 Å². The number of nitrogens with one attached hydrogen (secondary N) is 1. The van der Waals surface area contributed by atoms with Crippen LogP contribution in [0.15, 0.2) is 29.0 Å². The minimum Gasteiger partial charge on any atom is -0.354 e. The maximum absolute atomic E-state index is 12.7. The van der Waals surface area contributed by atoms with E-state index in [-0.39, 0.29) is 18.2 Å². The maximum Gasteiger partial charge on any atom is 0.222 e. The van der Waals surface area contributed by atoms with Gasteiger partial charge in [-0.15, -0.1) is 22.7 Å². The van der Waals surface area contributed by atoms with Crippen molar-refractivity contribution in [1.82, 2.24) is 15.3 Å². The summed E-state index contributed by atoms with van der Waals surface area (Å²) in [6.07, 6.45) is 0. The third-order valence-corrected chi connectivity index (χ3v) is 4.96. The average molecular weight is 346 g/mol. The van der Waals surface area contributed by atoms with Gasteiger partial charge in [0.15, 0.2) is 0 Å². The second kappa shape index (κ2) is 6.53. The van der Waals surface area contributed by atoms with Crippen molar-refractivity contribution in [3.63, 3.8) is 0 Å². The van der Waals surface area contributed by atoms with Gasteiger partial charge in [-0.05, 0) is 22.9 Å². The van der Waals surface area contributed by atoms with Crippen LogP contribution in [0.25, 0.3) is 10.2 Å². The van der Waals surface area contributed by atoms with Crippen LogP contribution in [-0.2, 0) is 4.79 Å². The summed E-state index contributed by atoms with van der Waals surface area (Å²) in [5.74, 6) is 0.0410. The standard InChI is InChI=1S/C15H14N4O2S2/c1-8(20)17-7-9(16)15-18-10-4-6-23-14(10)12(19-15)13(21)11-3-2-5-22-11/h2-6,9H,7,16H2,1H3,(H,17,20). The van der Waals surface area contributed by atoms with E-state index in [0.717, 1.165) is 4.70 Å². The molecule has 0 saturated heterocycles. The molecule has 23 heavy (non-hydrogen) atoms. The number of carbonyl (C=O) groups is 2. The van der Waals surface area contributed by atoms with Crippen molar-refractivity contribution in [2.45, 2.75) is 13.0 Å². The van der Waals surface area contributed by atoms with Crippen LogP contribution < -0.4 is 11.1 Å². The lowest BCUT2D eigenvalue weighted by molar-refractivity contribution is -0.119. The lowest BCUT2D eigenvalue weighted by Crippen LogP contribution is -2.31.